The first-order valence-corrected chi connectivity index (χ1v) is 10.3. The van der Waals surface area contributed by atoms with Crippen molar-refractivity contribution in [1.82, 2.24) is 19.5 Å². The molecular weight excluding hydrogens is 352 g/mol. The Hall–Kier alpha value is -2.26. The lowest BCUT2D eigenvalue weighted by Gasteiger charge is -2.34. The monoisotopic (exact) mass is 376 g/mol. The van der Waals surface area contributed by atoms with Gasteiger partial charge in [-0.25, -0.2) is 13.4 Å². The average molecular weight is 376 g/mol. The van der Waals surface area contributed by atoms with Crippen LogP contribution in [0.1, 0.15) is 18.9 Å². The second-order valence-electron chi connectivity index (χ2n) is 6.32. The fourth-order valence-electron chi connectivity index (χ4n) is 2.88. The minimum atomic E-state index is -3.13. The molecule has 0 bridgehead atoms. The van der Waals surface area contributed by atoms with E-state index in [0.29, 0.717) is 38.4 Å². The van der Waals surface area contributed by atoms with Crippen LogP contribution in [-0.2, 0) is 10.0 Å². The van der Waals surface area contributed by atoms with Gasteiger partial charge in [-0.15, -0.1) is 10.2 Å². The molecule has 8 nitrogen and oxygen atoms in total. The molecule has 0 amide bonds. The van der Waals surface area contributed by atoms with Crippen LogP contribution in [0.2, 0.25) is 0 Å². The van der Waals surface area contributed by atoms with E-state index in [0.717, 1.165) is 17.2 Å². The minimum absolute atomic E-state index is 0.208. The van der Waals surface area contributed by atoms with E-state index < -0.39 is 10.0 Å². The van der Waals surface area contributed by atoms with Crippen LogP contribution in [0.25, 0.3) is 0 Å². The van der Waals surface area contributed by atoms with Gasteiger partial charge in [0.1, 0.15) is 5.82 Å². The number of sulfonamides is 1. The molecule has 140 valence electrons. The molecule has 0 aromatic carbocycles. The Kier molecular flexibility index (Phi) is 5.67. The maximum atomic E-state index is 12.1. The number of pyridine rings is 1. The lowest BCUT2D eigenvalue weighted by Crippen LogP contribution is -2.49. The third kappa shape index (κ3) is 4.47. The van der Waals surface area contributed by atoms with Crippen LogP contribution in [0, 0.1) is 6.92 Å². The van der Waals surface area contributed by atoms with Crippen LogP contribution in [0.4, 0.5) is 17.5 Å². The highest BCUT2D eigenvalue weighted by Gasteiger charge is 2.26. The summed E-state index contributed by atoms with van der Waals surface area (Å²) in [5.41, 5.74) is 1.11. The molecule has 9 heteroatoms. The summed E-state index contributed by atoms with van der Waals surface area (Å²) < 4.78 is 25.8. The van der Waals surface area contributed by atoms with E-state index in [1.807, 2.05) is 38.1 Å². The fourth-order valence-corrected chi connectivity index (χ4v) is 4.37. The number of aromatic nitrogens is 3. The average Bonchev–Trinajstić information content (AvgIpc) is 2.62. The third-order valence-electron chi connectivity index (χ3n) is 4.24. The number of anilines is 3. The van der Waals surface area contributed by atoms with Crippen LogP contribution in [0.5, 0.6) is 0 Å². The van der Waals surface area contributed by atoms with Gasteiger partial charge in [0.2, 0.25) is 10.0 Å². The van der Waals surface area contributed by atoms with Gasteiger partial charge in [0.05, 0.1) is 5.75 Å². The van der Waals surface area contributed by atoms with Gasteiger partial charge in [0.25, 0.3) is 0 Å². The molecule has 2 aromatic rings. The highest BCUT2D eigenvalue weighted by atomic mass is 32.2. The smallest absolute Gasteiger partial charge is 0.214 e. The molecular formula is C17H24N6O2S. The zero-order valence-corrected chi connectivity index (χ0v) is 15.9. The summed E-state index contributed by atoms with van der Waals surface area (Å²) in [5, 5.41) is 11.6. The summed E-state index contributed by atoms with van der Waals surface area (Å²) in [6.45, 7) is 6.08. The molecule has 1 N–H and O–H groups in total. The third-order valence-corrected chi connectivity index (χ3v) is 6.32. The van der Waals surface area contributed by atoms with Gasteiger partial charge in [0.15, 0.2) is 11.6 Å². The molecule has 1 fully saturated rings. The molecule has 3 heterocycles. The Morgan fingerprint density at radius 2 is 1.85 bits per heavy atom. The van der Waals surface area contributed by atoms with Crippen LogP contribution in [0.15, 0.2) is 30.5 Å². The Morgan fingerprint density at radius 1 is 1.08 bits per heavy atom. The molecule has 1 aliphatic rings. The van der Waals surface area contributed by atoms with E-state index in [2.05, 4.69) is 25.4 Å². The standard InChI is InChI=1S/C17H24N6O2S/c1-3-12-26(24,25)23-10-8-22(9-11-23)17-5-4-15(20-21-17)19-16-13-14(2)6-7-18-16/h4-7,13H,3,8-12H2,1-2H3,(H,18,19,20). The molecule has 2 aromatic heterocycles. The van der Waals surface area contributed by atoms with Crippen molar-refractivity contribution in [2.75, 3.05) is 42.1 Å². The molecule has 0 atom stereocenters. The number of hydrogen-bond donors (Lipinski definition) is 1. The van der Waals surface area contributed by atoms with Crippen molar-refractivity contribution >= 4 is 27.5 Å². The number of hydrogen-bond acceptors (Lipinski definition) is 7. The second kappa shape index (κ2) is 7.96. The van der Waals surface area contributed by atoms with Gasteiger partial charge in [-0.1, -0.05) is 6.92 Å². The van der Waals surface area contributed by atoms with E-state index in [1.165, 1.54) is 0 Å². The van der Waals surface area contributed by atoms with Gasteiger partial charge in [-0.3, -0.25) is 0 Å². The zero-order valence-electron chi connectivity index (χ0n) is 15.1. The molecule has 0 unspecified atom stereocenters. The Balaban J connectivity index is 1.60. The van der Waals surface area contributed by atoms with Crippen molar-refractivity contribution < 1.29 is 8.42 Å². The topological polar surface area (TPSA) is 91.3 Å². The quantitative estimate of drug-likeness (QED) is 0.822. The summed E-state index contributed by atoms with van der Waals surface area (Å²) in [6.07, 6.45) is 2.38. The highest BCUT2D eigenvalue weighted by Crippen LogP contribution is 2.18. The van der Waals surface area contributed by atoms with E-state index in [9.17, 15) is 8.42 Å². The number of rotatable bonds is 6. The van der Waals surface area contributed by atoms with Gasteiger partial charge in [0, 0.05) is 32.4 Å². The maximum Gasteiger partial charge on any atom is 0.214 e. The first kappa shape index (κ1) is 18.5. The molecule has 1 saturated heterocycles. The number of aryl methyl sites for hydroxylation is 1. The second-order valence-corrected chi connectivity index (χ2v) is 8.41. The van der Waals surface area contributed by atoms with Gasteiger partial charge >= 0.3 is 0 Å². The van der Waals surface area contributed by atoms with Gasteiger partial charge in [-0.2, -0.15) is 4.31 Å². The summed E-state index contributed by atoms with van der Waals surface area (Å²) in [4.78, 5) is 6.30. The lowest BCUT2D eigenvalue weighted by atomic mass is 10.3. The molecule has 0 radical (unpaired) electrons. The molecule has 26 heavy (non-hydrogen) atoms. The van der Waals surface area contributed by atoms with E-state index in [-0.39, 0.29) is 5.75 Å². The van der Waals surface area contributed by atoms with Crippen LogP contribution >= 0.6 is 0 Å². The van der Waals surface area contributed by atoms with Crippen molar-refractivity contribution in [2.45, 2.75) is 20.3 Å². The van der Waals surface area contributed by atoms with E-state index in [1.54, 1.807) is 10.5 Å². The van der Waals surface area contributed by atoms with Crippen molar-refractivity contribution in [2.24, 2.45) is 0 Å². The van der Waals surface area contributed by atoms with Crippen molar-refractivity contribution in [1.29, 1.82) is 0 Å². The highest BCUT2D eigenvalue weighted by molar-refractivity contribution is 7.89. The predicted octanol–water partition coefficient (Wildman–Crippen LogP) is 1.79. The minimum Gasteiger partial charge on any atom is -0.352 e. The van der Waals surface area contributed by atoms with Crippen LogP contribution < -0.4 is 10.2 Å². The predicted molar refractivity (Wildman–Crippen MR) is 102 cm³/mol. The molecule has 0 saturated carbocycles. The summed E-state index contributed by atoms with van der Waals surface area (Å²) in [6, 6.07) is 7.61. The molecule has 0 spiro atoms. The molecule has 0 aliphatic carbocycles. The summed E-state index contributed by atoms with van der Waals surface area (Å²) in [7, 11) is -3.13. The van der Waals surface area contributed by atoms with Gasteiger partial charge < -0.3 is 10.2 Å². The lowest BCUT2D eigenvalue weighted by molar-refractivity contribution is 0.383. The maximum absolute atomic E-state index is 12.1. The fraction of sp³-hybridized carbons (Fsp3) is 0.471. The Morgan fingerprint density at radius 3 is 2.46 bits per heavy atom. The van der Waals surface area contributed by atoms with Crippen LogP contribution in [0.3, 0.4) is 0 Å². The number of nitrogens with zero attached hydrogens (tertiary/aromatic N) is 5. The Bertz CT molecular complexity index is 833. The first-order chi connectivity index (χ1) is 12.5. The molecule has 1 aliphatic heterocycles. The largest absolute Gasteiger partial charge is 0.352 e. The number of piperazine rings is 1. The van der Waals surface area contributed by atoms with Crippen molar-refractivity contribution in [3.63, 3.8) is 0 Å². The summed E-state index contributed by atoms with van der Waals surface area (Å²) >= 11 is 0. The first-order valence-electron chi connectivity index (χ1n) is 8.74. The summed E-state index contributed by atoms with van der Waals surface area (Å²) in [5.74, 6) is 2.30. The van der Waals surface area contributed by atoms with Crippen LogP contribution in [-0.4, -0.2) is 59.8 Å². The van der Waals surface area contributed by atoms with Crippen molar-refractivity contribution in [3.05, 3.63) is 36.0 Å². The van der Waals surface area contributed by atoms with E-state index in [4.69, 9.17) is 0 Å². The normalized spacial score (nSPS) is 15.8. The Labute approximate surface area is 154 Å². The SMILES string of the molecule is CCCS(=O)(=O)N1CCN(c2ccc(Nc3cc(C)ccn3)nn2)CC1. The van der Waals surface area contributed by atoms with Gasteiger partial charge in [-0.05, 0) is 43.2 Å². The van der Waals surface area contributed by atoms with E-state index >= 15 is 0 Å². The zero-order chi connectivity index (χ0) is 18.6. The molecule has 3 rings (SSSR count). The van der Waals surface area contributed by atoms with Crippen molar-refractivity contribution in [3.8, 4) is 0 Å². The number of nitrogens with one attached hydrogen (secondary N) is 1.